The van der Waals surface area contributed by atoms with E-state index in [1.54, 1.807) is 18.7 Å². The largest absolute Gasteiger partial charge is 0.379 e. The van der Waals surface area contributed by atoms with Gasteiger partial charge in [-0.2, -0.15) is 0 Å². The standard InChI is InChI=1S/C21H25N5O3S/c1-15-16(2)22-14-25(20(15)28)13-19(27)26(8-7-24-9-11-29-12-10-24)21-23-17-5-3-4-6-18(17)30-21/h3-6,14H,7-13H2,1-2H3. The molecular weight excluding hydrogens is 402 g/mol. The van der Waals surface area contributed by atoms with Crippen LogP contribution in [0.2, 0.25) is 0 Å². The SMILES string of the molecule is Cc1ncn(CC(=O)N(CCN2CCOCC2)c2nc3ccccc3s2)c(=O)c1C. The number of morpholine rings is 1. The van der Waals surface area contributed by atoms with Crippen LogP contribution in [-0.4, -0.2) is 64.7 Å². The molecule has 0 saturated carbocycles. The number of carbonyl (C=O) groups excluding carboxylic acids is 1. The molecule has 0 atom stereocenters. The Bertz CT molecular complexity index is 1070. The van der Waals surface area contributed by atoms with Gasteiger partial charge in [0.25, 0.3) is 5.56 Å². The maximum absolute atomic E-state index is 13.3. The predicted molar refractivity (Wildman–Crippen MR) is 117 cm³/mol. The van der Waals surface area contributed by atoms with Gasteiger partial charge in [-0.15, -0.1) is 0 Å². The summed E-state index contributed by atoms with van der Waals surface area (Å²) in [6, 6.07) is 7.84. The van der Waals surface area contributed by atoms with E-state index in [2.05, 4.69) is 14.9 Å². The van der Waals surface area contributed by atoms with Gasteiger partial charge >= 0.3 is 0 Å². The maximum Gasteiger partial charge on any atom is 0.256 e. The quantitative estimate of drug-likeness (QED) is 0.597. The minimum absolute atomic E-state index is 0.0635. The summed E-state index contributed by atoms with van der Waals surface area (Å²) >= 11 is 1.49. The van der Waals surface area contributed by atoms with E-state index in [0.29, 0.717) is 36.1 Å². The first-order chi connectivity index (χ1) is 14.5. The number of benzene rings is 1. The summed E-state index contributed by atoms with van der Waals surface area (Å²) in [7, 11) is 0. The normalized spacial score (nSPS) is 14.9. The summed E-state index contributed by atoms with van der Waals surface area (Å²) in [5.41, 5.74) is 1.92. The summed E-state index contributed by atoms with van der Waals surface area (Å²) in [5, 5.41) is 0.652. The average Bonchev–Trinajstić information content (AvgIpc) is 3.19. The molecule has 1 amide bonds. The van der Waals surface area contributed by atoms with Crippen molar-refractivity contribution in [2.45, 2.75) is 20.4 Å². The molecule has 0 spiro atoms. The second kappa shape index (κ2) is 9.03. The molecule has 1 aliphatic heterocycles. The molecule has 9 heteroatoms. The van der Waals surface area contributed by atoms with Crippen LogP contribution in [-0.2, 0) is 16.1 Å². The third-order valence-electron chi connectivity index (χ3n) is 5.38. The van der Waals surface area contributed by atoms with Crippen molar-refractivity contribution >= 4 is 32.6 Å². The lowest BCUT2D eigenvalue weighted by Gasteiger charge is -2.29. The van der Waals surface area contributed by atoms with Crippen molar-refractivity contribution < 1.29 is 9.53 Å². The molecule has 8 nitrogen and oxygen atoms in total. The molecule has 158 valence electrons. The summed E-state index contributed by atoms with van der Waals surface area (Å²) in [6.45, 7) is 7.80. The number of aromatic nitrogens is 3. The number of nitrogens with zero attached hydrogens (tertiary/aromatic N) is 5. The number of fused-ring (bicyclic) bond motifs is 1. The Kier molecular flexibility index (Phi) is 6.21. The second-order valence-electron chi connectivity index (χ2n) is 7.35. The summed E-state index contributed by atoms with van der Waals surface area (Å²) in [4.78, 5) is 38.7. The highest BCUT2D eigenvalue weighted by molar-refractivity contribution is 7.22. The van der Waals surface area contributed by atoms with Crippen LogP contribution in [0.15, 0.2) is 35.4 Å². The maximum atomic E-state index is 13.3. The fourth-order valence-corrected chi connectivity index (χ4v) is 4.40. The van der Waals surface area contributed by atoms with Gasteiger partial charge < -0.3 is 4.74 Å². The van der Waals surface area contributed by atoms with Crippen molar-refractivity contribution in [3.8, 4) is 0 Å². The van der Waals surface area contributed by atoms with Crippen molar-refractivity contribution in [3.05, 3.63) is 52.2 Å². The number of aryl methyl sites for hydroxylation is 1. The highest BCUT2D eigenvalue weighted by Gasteiger charge is 2.22. The highest BCUT2D eigenvalue weighted by Crippen LogP contribution is 2.28. The lowest BCUT2D eigenvalue weighted by Crippen LogP contribution is -2.44. The van der Waals surface area contributed by atoms with Crippen LogP contribution in [0.5, 0.6) is 0 Å². The van der Waals surface area contributed by atoms with Gasteiger partial charge in [-0.05, 0) is 26.0 Å². The predicted octanol–water partition coefficient (Wildman–Crippen LogP) is 1.84. The van der Waals surface area contributed by atoms with Gasteiger partial charge in [-0.25, -0.2) is 9.97 Å². The van der Waals surface area contributed by atoms with E-state index in [9.17, 15) is 9.59 Å². The Morgan fingerprint density at radius 2 is 2.00 bits per heavy atom. The first kappa shape index (κ1) is 20.6. The minimum Gasteiger partial charge on any atom is -0.379 e. The first-order valence-corrected chi connectivity index (χ1v) is 10.8. The number of amides is 1. The molecule has 0 radical (unpaired) electrons. The van der Waals surface area contributed by atoms with Crippen molar-refractivity contribution in [2.24, 2.45) is 0 Å². The molecule has 0 N–H and O–H groups in total. The Balaban J connectivity index is 1.59. The van der Waals surface area contributed by atoms with Crippen molar-refractivity contribution in [3.63, 3.8) is 0 Å². The van der Waals surface area contributed by atoms with Crippen molar-refractivity contribution in [1.82, 2.24) is 19.4 Å². The topological polar surface area (TPSA) is 80.6 Å². The molecular formula is C21H25N5O3S. The number of thiazole rings is 1. The average molecular weight is 428 g/mol. The van der Waals surface area contributed by atoms with Crippen LogP contribution in [0.3, 0.4) is 0 Å². The van der Waals surface area contributed by atoms with Gasteiger partial charge in [0, 0.05) is 37.4 Å². The van der Waals surface area contributed by atoms with Crippen LogP contribution in [0.1, 0.15) is 11.3 Å². The zero-order chi connectivity index (χ0) is 21.1. The molecule has 0 bridgehead atoms. The van der Waals surface area contributed by atoms with E-state index in [-0.39, 0.29) is 18.0 Å². The van der Waals surface area contributed by atoms with E-state index >= 15 is 0 Å². The summed E-state index contributed by atoms with van der Waals surface area (Å²) in [5.74, 6) is -0.172. The number of hydrogen-bond donors (Lipinski definition) is 0. The number of ether oxygens (including phenoxy) is 1. The number of para-hydroxylation sites is 1. The van der Waals surface area contributed by atoms with Gasteiger partial charge in [-0.3, -0.25) is 24.0 Å². The molecule has 1 fully saturated rings. The van der Waals surface area contributed by atoms with Gasteiger partial charge in [0.15, 0.2) is 5.13 Å². The number of rotatable bonds is 6. The third kappa shape index (κ3) is 4.43. The van der Waals surface area contributed by atoms with Gasteiger partial charge in [0.2, 0.25) is 5.91 Å². The zero-order valence-corrected chi connectivity index (χ0v) is 18.0. The van der Waals surface area contributed by atoms with Crippen molar-refractivity contribution in [2.75, 3.05) is 44.3 Å². The Morgan fingerprint density at radius 1 is 1.23 bits per heavy atom. The fourth-order valence-electron chi connectivity index (χ4n) is 3.39. The Morgan fingerprint density at radius 3 is 2.77 bits per heavy atom. The van der Waals surface area contributed by atoms with Crippen LogP contribution in [0, 0.1) is 13.8 Å². The van der Waals surface area contributed by atoms with Crippen LogP contribution < -0.4 is 10.5 Å². The number of anilines is 1. The molecule has 3 aromatic rings. The van der Waals surface area contributed by atoms with Crippen molar-refractivity contribution in [1.29, 1.82) is 0 Å². The summed E-state index contributed by atoms with van der Waals surface area (Å²) < 4.78 is 7.82. The fraction of sp³-hybridized carbons (Fsp3) is 0.429. The number of hydrogen-bond acceptors (Lipinski definition) is 7. The Hall–Kier alpha value is -2.62. The van der Waals surface area contributed by atoms with Gasteiger partial charge in [0.1, 0.15) is 6.54 Å². The molecule has 4 rings (SSSR count). The second-order valence-corrected chi connectivity index (χ2v) is 8.36. The Labute approximate surface area is 178 Å². The van der Waals surface area contributed by atoms with Crippen LogP contribution >= 0.6 is 11.3 Å². The molecule has 1 aliphatic rings. The molecule has 30 heavy (non-hydrogen) atoms. The molecule has 1 saturated heterocycles. The minimum atomic E-state index is -0.187. The van der Waals surface area contributed by atoms with Crippen LogP contribution in [0.4, 0.5) is 5.13 Å². The summed E-state index contributed by atoms with van der Waals surface area (Å²) in [6.07, 6.45) is 1.45. The van der Waals surface area contributed by atoms with E-state index < -0.39 is 0 Å². The van der Waals surface area contributed by atoms with E-state index in [0.717, 1.165) is 29.9 Å². The van der Waals surface area contributed by atoms with E-state index in [4.69, 9.17) is 4.74 Å². The van der Waals surface area contributed by atoms with Gasteiger partial charge in [-0.1, -0.05) is 23.5 Å². The molecule has 2 aromatic heterocycles. The molecule has 0 unspecified atom stereocenters. The molecule has 3 heterocycles. The van der Waals surface area contributed by atoms with E-state index in [1.807, 2.05) is 24.3 Å². The first-order valence-electron chi connectivity index (χ1n) is 10.0. The molecule has 1 aromatic carbocycles. The number of carbonyl (C=O) groups is 1. The lowest BCUT2D eigenvalue weighted by atomic mass is 10.3. The lowest BCUT2D eigenvalue weighted by molar-refractivity contribution is -0.119. The van der Waals surface area contributed by atoms with E-state index in [1.165, 1.54) is 22.2 Å². The zero-order valence-electron chi connectivity index (χ0n) is 17.2. The third-order valence-corrected chi connectivity index (χ3v) is 6.44. The van der Waals surface area contributed by atoms with Crippen LogP contribution in [0.25, 0.3) is 10.2 Å². The highest BCUT2D eigenvalue weighted by atomic mass is 32.1. The van der Waals surface area contributed by atoms with Gasteiger partial charge in [0.05, 0.1) is 29.8 Å². The monoisotopic (exact) mass is 427 g/mol. The molecule has 0 aliphatic carbocycles. The smallest absolute Gasteiger partial charge is 0.256 e.